The van der Waals surface area contributed by atoms with Crippen LogP contribution in [0.2, 0.25) is 0 Å². The standard InChI is InChI=1S/C14H14F3N3OS/c1-18-6-5-12(21)20-13-19-11(8-22-13)9-3-2-4-10(7-9)14(15,16)17/h2-4,7-8,18H,5-6H2,1H3,(H,19,20,21). The third-order valence-electron chi connectivity index (χ3n) is 2.84. The van der Waals surface area contributed by atoms with Crippen molar-refractivity contribution < 1.29 is 18.0 Å². The van der Waals surface area contributed by atoms with Gasteiger partial charge in [-0.1, -0.05) is 12.1 Å². The summed E-state index contributed by atoms with van der Waals surface area (Å²) in [5.74, 6) is -0.195. The quantitative estimate of drug-likeness (QED) is 0.884. The summed E-state index contributed by atoms with van der Waals surface area (Å²) in [5, 5.41) is 7.45. The molecule has 2 N–H and O–H groups in total. The zero-order valence-electron chi connectivity index (χ0n) is 11.7. The smallest absolute Gasteiger partial charge is 0.319 e. The number of hydrogen-bond donors (Lipinski definition) is 2. The van der Waals surface area contributed by atoms with E-state index in [0.717, 1.165) is 12.1 Å². The number of carbonyl (C=O) groups is 1. The lowest BCUT2D eigenvalue weighted by Gasteiger charge is -2.07. The van der Waals surface area contributed by atoms with Gasteiger partial charge in [0, 0.05) is 23.9 Å². The summed E-state index contributed by atoms with van der Waals surface area (Å²) < 4.78 is 38.1. The maximum Gasteiger partial charge on any atom is 0.416 e. The van der Waals surface area contributed by atoms with Gasteiger partial charge in [0.15, 0.2) is 5.13 Å². The van der Waals surface area contributed by atoms with E-state index in [9.17, 15) is 18.0 Å². The summed E-state index contributed by atoms with van der Waals surface area (Å²) in [6.45, 7) is 0.539. The molecule has 0 aliphatic carbocycles. The Morgan fingerprint density at radius 1 is 1.36 bits per heavy atom. The molecule has 118 valence electrons. The van der Waals surface area contributed by atoms with E-state index in [1.165, 1.54) is 17.4 Å². The minimum Gasteiger partial charge on any atom is -0.319 e. The molecule has 4 nitrogen and oxygen atoms in total. The molecule has 0 aliphatic heterocycles. The Morgan fingerprint density at radius 2 is 2.14 bits per heavy atom. The minimum absolute atomic E-state index is 0.195. The Kier molecular flexibility index (Phi) is 5.15. The van der Waals surface area contributed by atoms with Crippen molar-refractivity contribution in [2.24, 2.45) is 0 Å². The fourth-order valence-corrected chi connectivity index (χ4v) is 2.47. The molecule has 2 rings (SSSR count). The highest BCUT2D eigenvalue weighted by Crippen LogP contribution is 2.33. The molecule has 0 spiro atoms. The predicted octanol–water partition coefficient (Wildman–Crippen LogP) is 3.38. The van der Waals surface area contributed by atoms with Crippen molar-refractivity contribution in [1.82, 2.24) is 10.3 Å². The first-order chi connectivity index (χ1) is 10.4. The second-order valence-electron chi connectivity index (χ2n) is 4.52. The van der Waals surface area contributed by atoms with Crippen molar-refractivity contribution in [2.45, 2.75) is 12.6 Å². The number of aromatic nitrogens is 1. The van der Waals surface area contributed by atoms with E-state index in [4.69, 9.17) is 0 Å². The molecular formula is C14H14F3N3OS. The number of nitrogens with zero attached hydrogens (tertiary/aromatic N) is 1. The lowest BCUT2D eigenvalue weighted by molar-refractivity contribution is -0.137. The maximum atomic E-state index is 12.7. The van der Waals surface area contributed by atoms with Crippen LogP contribution in [-0.4, -0.2) is 24.5 Å². The van der Waals surface area contributed by atoms with Gasteiger partial charge in [-0.05, 0) is 19.2 Å². The van der Waals surface area contributed by atoms with Gasteiger partial charge in [0.05, 0.1) is 11.3 Å². The summed E-state index contributed by atoms with van der Waals surface area (Å²) in [5.41, 5.74) is 0.0411. The Hall–Kier alpha value is -1.93. The second kappa shape index (κ2) is 6.89. The number of halogens is 3. The topological polar surface area (TPSA) is 54.0 Å². The summed E-state index contributed by atoms with van der Waals surface area (Å²) in [6, 6.07) is 4.94. The van der Waals surface area contributed by atoms with E-state index < -0.39 is 11.7 Å². The van der Waals surface area contributed by atoms with Crippen LogP contribution in [0, 0.1) is 0 Å². The number of rotatable bonds is 5. The molecule has 0 atom stereocenters. The van der Waals surface area contributed by atoms with Crippen molar-refractivity contribution in [1.29, 1.82) is 0 Å². The van der Waals surface area contributed by atoms with E-state index in [2.05, 4.69) is 15.6 Å². The van der Waals surface area contributed by atoms with Crippen LogP contribution in [0.3, 0.4) is 0 Å². The van der Waals surface area contributed by atoms with Crippen LogP contribution in [0.4, 0.5) is 18.3 Å². The number of thiazole rings is 1. The van der Waals surface area contributed by atoms with Crippen LogP contribution in [0.25, 0.3) is 11.3 Å². The lowest BCUT2D eigenvalue weighted by atomic mass is 10.1. The average molecular weight is 329 g/mol. The third-order valence-corrected chi connectivity index (χ3v) is 3.60. The number of anilines is 1. The summed E-state index contributed by atoms with van der Waals surface area (Å²) >= 11 is 1.17. The Morgan fingerprint density at radius 3 is 2.82 bits per heavy atom. The van der Waals surface area contributed by atoms with Gasteiger partial charge in [-0.3, -0.25) is 4.79 Å². The number of carbonyl (C=O) groups excluding carboxylic acids is 1. The van der Waals surface area contributed by atoms with Gasteiger partial charge in [-0.2, -0.15) is 13.2 Å². The summed E-state index contributed by atoms with van der Waals surface area (Å²) in [7, 11) is 1.74. The molecule has 22 heavy (non-hydrogen) atoms. The van der Waals surface area contributed by atoms with Gasteiger partial charge in [0.25, 0.3) is 0 Å². The monoisotopic (exact) mass is 329 g/mol. The van der Waals surface area contributed by atoms with Gasteiger partial charge in [-0.15, -0.1) is 11.3 Å². The molecule has 0 fully saturated rings. The Bertz CT molecular complexity index is 655. The number of nitrogens with one attached hydrogen (secondary N) is 2. The van der Waals surface area contributed by atoms with Gasteiger partial charge >= 0.3 is 6.18 Å². The largest absolute Gasteiger partial charge is 0.416 e. The van der Waals surface area contributed by atoms with Crippen LogP contribution in [0.15, 0.2) is 29.6 Å². The van der Waals surface area contributed by atoms with Gasteiger partial charge in [0.1, 0.15) is 0 Å². The SMILES string of the molecule is CNCCC(=O)Nc1nc(-c2cccc(C(F)(F)F)c2)cs1. The first kappa shape index (κ1) is 16.4. The Labute approximate surface area is 129 Å². The van der Waals surface area contributed by atoms with Crippen LogP contribution in [0.1, 0.15) is 12.0 Å². The normalized spacial score (nSPS) is 11.5. The molecule has 0 aliphatic rings. The summed E-state index contributed by atoms with van der Waals surface area (Å²) in [4.78, 5) is 15.7. The zero-order valence-corrected chi connectivity index (χ0v) is 12.5. The van der Waals surface area contributed by atoms with Gasteiger partial charge in [0.2, 0.25) is 5.91 Å². The van der Waals surface area contributed by atoms with E-state index in [1.807, 2.05) is 0 Å². The fourth-order valence-electron chi connectivity index (χ4n) is 1.74. The molecule has 1 heterocycles. The average Bonchev–Trinajstić information content (AvgIpc) is 2.93. The first-order valence-electron chi connectivity index (χ1n) is 6.48. The molecule has 0 bridgehead atoms. The molecule has 8 heteroatoms. The Balaban J connectivity index is 2.13. The van der Waals surface area contributed by atoms with Crippen molar-refractivity contribution in [3.05, 3.63) is 35.2 Å². The molecule has 1 amide bonds. The first-order valence-corrected chi connectivity index (χ1v) is 7.35. The van der Waals surface area contributed by atoms with Crippen LogP contribution >= 0.6 is 11.3 Å². The number of alkyl halides is 3. The van der Waals surface area contributed by atoms with E-state index >= 15 is 0 Å². The molecule has 0 saturated carbocycles. The third kappa shape index (κ3) is 4.28. The highest BCUT2D eigenvalue weighted by atomic mass is 32.1. The second-order valence-corrected chi connectivity index (χ2v) is 5.38. The number of benzene rings is 1. The molecule has 1 aromatic carbocycles. The molecule has 2 aromatic rings. The molecule has 1 aromatic heterocycles. The fraction of sp³-hybridized carbons (Fsp3) is 0.286. The molecule has 0 saturated heterocycles. The van der Waals surface area contributed by atoms with Gasteiger partial charge < -0.3 is 10.6 Å². The zero-order chi connectivity index (χ0) is 16.2. The number of amides is 1. The van der Waals surface area contributed by atoms with E-state index in [0.29, 0.717) is 29.4 Å². The molecule has 0 radical (unpaired) electrons. The minimum atomic E-state index is -4.39. The predicted molar refractivity (Wildman–Crippen MR) is 79.7 cm³/mol. The van der Waals surface area contributed by atoms with Crippen LogP contribution in [-0.2, 0) is 11.0 Å². The van der Waals surface area contributed by atoms with Crippen LogP contribution < -0.4 is 10.6 Å². The van der Waals surface area contributed by atoms with E-state index in [1.54, 1.807) is 18.5 Å². The highest BCUT2D eigenvalue weighted by molar-refractivity contribution is 7.14. The van der Waals surface area contributed by atoms with Crippen molar-refractivity contribution in [2.75, 3.05) is 18.9 Å². The van der Waals surface area contributed by atoms with Crippen LogP contribution in [0.5, 0.6) is 0 Å². The van der Waals surface area contributed by atoms with Gasteiger partial charge in [-0.25, -0.2) is 4.98 Å². The van der Waals surface area contributed by atoms with Crippen molar-refractivity contribution in [3.8, 4) is 11.3 Å². The van der Waals surface area contributed by atoms with E-state index in [-0.39, 0.29) is 5.91 Å². The molecule has 0 unspecified atom stereocenters. The maximum absolute atomic E-state index is 12.7. The van der Waals surface area contributed by atoms with Crippen molar-refractivity contribution in [3.63, 3.8) is 0 Å². The highest BCUT2D eigenvalue weighted by Gasteiger charge is 2.30. The van der Waals surface area contributed by atoms with Crippen molar-refractivity contribution >= 4 is 22.4 Å². The lowest BCUT2D eigenvalue weighted by Crippen LogP contribution is -2.18. The molecular weight excluding hydrogens is 315 g/mol. The summed E-state index contributed by atoms with van der Waals surface area (Å²) in [6.07, 6.45) is -4.09. The number of hydrogen-bond acceptors (Lipinski definition) is 4.